The van der Waals surface area contributed by atoms with Gasteiger partial charge in [-0.25, -0.2) is 0 Å². The van der Waals surface area contributed by atoms with Gasteiger partial charge in [-0.05, 0) is 0 Å². The Morgan fingerprint density at radius 3 is 0.417 bits per heavy atom. The molecule has 8 nitrogen and oxygen atoms in total. The topological polar surface area (TPSA) is 252 Å². The van der Waals surface area contributed by atoms with E-state index < -0.39 is 0 Å². The molecule has 0 bridgehead atoms. The Morgan fingerprint density at radius 2 is 0.417 bits per heavy atom. The molecular weight excluding hydrogens is 288 g/mol. The summed E-state index contributed by atoms with van der Waals surface area (Å²) in [5.74, 6) is 0. The molecule has 0 aliphatic heterocycles. The van der Waals surface area contributed by atoms with Gasteiger partial charge in [-0.2, -0.15) is 0 Å². The van der Waals surface area contributed by atoms with Crippen molar-refractivity contribution in [2.75, 3.05) is 0 Å². The van der Waals surface area contributed by atoms with Crippen molar-refractivity contribution in [2.45, 2.75) is 0 Å². The van der Waals surface area contributed by atoms with E-state index in [0.29, 0.717) is 0 Å². The Morgan fingerprint density at radius 1 is 0.417 bits per heavy atom. The van der Waals surface area contributed by atoms with Gasteiger partial charge in [0.05, 0.1) is 0 Å². The van der Waals surface area contributed by atoms with Crippen LogP contribution in [0.5, 0.6) is 0 Å². The van der Waals surface area contributed by atoms with Crippen molar-refractivity contribution >= 4 is 60.8 Å². The molecule has 0 heterocycles. The molecule has 0 aliphatic carbocycles. The first-order valence-electron chi connectivity index (χ1n) is 0. The van der Waals surface area contributed by atoms with Crippen molar-refractivity contribution in [3.8, 4) is 0 Å². The van der Waals surface area contributed by atoms with Crippen LogP contribution in [0.2, 0.25) is 0 Å². The molecule has 0 radical (unpaired) electrons. The molecule has 12 heavy (non-hydrogen) atoms. The second-order valence-electron chi connectivity index (χ2n) is 0. The fourth-order valence-corrected chi connectivity index (χ4v) is 0. The predicted octanol–water partition coefficient (Wildman–Crippen LogP) is -6.91. The minimum atomic E-state index is 0. The fourth-order valence-electron chi connectivity index (χ4n) is 0. The average Bonchev–Trinajstić information content (AvgIpc) is 0. The normalized spacial score (nSPS) is 0. The van der Waals surface area contributed by atoms with E-state index in [1.54, 1.807) is 0 Å². The van der Waals surface area contributed by atoms with Crippen LogP contribution >= 0.6 is 0 Å². The summed E-state index contributed by atoms with van der Waals surface area (Å²) in [6.45, 7) is 0. The van der Waals surface area contributed by atoms with Crippen molar-refractivity contribution in [2.24, 2.45) is 0 Å². The Hall–Kier alpha value is 3.13. The fraction of sp³-hybridized carbons (Fsp3) is 0. The molecular formula is H20CaMgO8Ti2. The summed E-state index contributed by atoms with van der Waals surface area (Å²) in [4.78, 5) is 0. The molecule has 0 aliphatic rings. The van der Waals surface area contributed by atoms with E-state index in [1.165, 1.54) is 0 Å². The minimum Gasteiger partial charge on any atom is -1.00 e. The summed E-state index contributed by atoms with van der Waals surface area (Å²) in [5.41, 5.74) is 0. The summed E-state index contributed by atoms with van der Waals surface area (Å²) in [5, 5.41) is 0. The van der Waals surface area contributed by atoms with Crippen LogP contribution < -0.4 is 0 Å². The van der Waals surface area contributed by atoms with E-state index in [1.807, 2.05) is 0 Å². The van der Waals surface area contributed by atoms with E-state index in [0.717, 1.165) is 0 Å². The Balaban J connectivity index is 0. The SMILES string of the molecule is O.O.O.O.O.O.O.O.[Ca+2].[H-].[H-].[H-].[H-].[Mg+2].[Ti].[Ti]. The van der Waals surface area contributed by atoms with E-state index >= 15 is 0 Å². The molecule has 16 N–H and O–H groups in total. The summed E-state index contributed by atoms with van der Waals surface area (Å²) in [6, 6.07) is 0. The molecule has 0 amide bonds. The molecule has 0 aromatic heterocycles. The first kappa shape index (κ1) is 308. The van der Waals surface area contributed by atoms with Crippen molar-refractivity contribution in [1.82, 2.24) is 0 Å². The first-order chi connectivity index (χ1) is 0. The van der Waals surface area contributed by atoms with E-state index in [4.69, 9.17) is 0 Å². The molecule has 12 heteroatoms. The van der Waals surface area contributed by atoms with Crippen LogP contribution in [0.1, 0.15) is 5.71 Å². The molecule has 80 valence electrons. The zero-order chi connectivity index (χ0) is 0. The van der Waals surface area contributed by atoms with Crippen molar-refractivity contribution < 1.29 is 93.0 Å². The van der Waals surface area contributed by atoms with Crippen LogP contribution in [0.15, 0.2) is 0 Å². The van der Waals surface area contributed by atoms with E-state index in [2.05, 4.69) is 0 Å². The van der Waals surface area contributed by atoms with Crippen molar-refractivity contribution in [3.63, 3.8) is 0 Å². The molecule has 0 spiro atoms. The summed E-state index contributed by atoms with van der Waals surface area (Å²) >= 11 is 0. The molecule has 0 saturated heterocycles. The van der Waals surface area contributed by atoms with Crippen LogP contribution in [0.25, 0.3) is 0 Å². The summed E-state index contributed by atoms with van der Waals surface area (Å²) in [6.07, 6.45) is 0. The average molecular weight is 308 g/mol. The summed E-state index contributed by atoms with van der Waals surface area (Å²) in [7, 11) is 0. The van der Waals surface area contributed by atoms with Crippen molar-refractivity contribution in [3.05, 3.63) is 0 Å². The second-order valence-corrected chi connectivity index (χ2v) is 0. The van der Waals surface area contributed by atoms with Gasteiger partial charge >= 0.3 is 60.8 Å². The van der Waals surface area contributed by atoms with Crippen LogP contribution in [-0.4, -0.2) is 105 Å². The molecule has 0 aromatic carbocycles. The Kier molecular flexibility index (Phi) is 6360. The second kappa shape index (κ2) is 248. The maximum Gasteiger partial charge on any atom is 2.00 e. The van der Waals surface area contributed by atoms with Gasteiger partial charge in [0.25, 0.3) is 0 Å². The zero-order valence-corrected chi connectivity index (χ0v) is 13.2. The molecule has 0 unspecified atom stereocenters. The maximum absolute atomic E-state index is 0. The largest absolute Gasteiger partial charge is 2.00 e. The Labute approximate surface area is 152 Å². The summed E-state index contributed by atoms with van der Waals surface area (Å²) < 4.78 is 0. The molecule has 0 aromatic rings. The van der Waals surface area contributed by atoms with Crippen LogP contribution in [-0.2, 0) is 43.4 Å². The van der Waals surface area contributed by atoms with Gasteiger partial charge in [0, 0.05) is 43.4 Å². The number of hydrogen-bond donors (Lipinski definition) is 0. The number of rotatable bonds is 0. The van der Waals surface area contributed by atoms with Gasteiger partial charge in [-0.15, -0.1) is 0 Å². The number of hydrogen-bond acceptors (Lipinski definition) is 0. The van der Waals surface area contributed by atoms with Crippen LogP contribution in [0.4, 0.5) is 0 Å². The Bertz CT molecular complexity index is 30.0. The van der Waals surface area contributed by atoms with Crippen LogP contribution in [0.3, 0.4) is 0 Å². The predicted molar refractivity (Wildman–Crippen MR) is 44.9 cm³/mol. The van der Waals surface area contributed by atoms with E-state index in [-0.39, 0.29) is 154 Å². The molecule has 0 fully saturated rings. The van der Waals surface area contributed by atoms with Gasteiger partial charge in [-0.1, -0.05) is 0 Å². The van der Waals surface area contributed by atoms with Crippen molar-refractivity contribution in [1.29, 1.82) is 0 Å². The third kappa shape index (κ3) is 197. The third-order valence-electron chi connectivity index (χ3n) is 0. The van der Waals surface area contributed by atoms with Gasteiger partial charge in [0.15, 0.2) is 0 Å². The molecule has 0 saturated carbocycles. The smallest absolute Gasteiger partial charge is 1.00 e. The van der Waals surface area contributed by atoms with E-state index in [9.17, 15) is 0 Å². The first-order valence-corrected chi connectivity index (χ1v) is 0. The molecule has 0 atom stereocenters. The van der Waals surface area contributed by atoms with Gasteiger partial charge < -0.3 is 49.5 Å². The van der Waals surface area contributed by atoms with Gasteiger partial charge in [0.1, 0.15) is 0 Å². The zero-order valence-electron chi connectivity index (χ0n) is 10.4. The monoisotopic (exact) mass is 308 g/mol. The maximum atomic E-state index is 0. The van der Waals surface area contributed by atoms with Gasteiger partial charge in [0.2, 0.25) is 0 Å². The van der Waals surface area contributed by atoms with Gasteiger partial charge in [-0.3, -0.25) is 0 Å². The van der Waals surface area contributed by atoms with Crippen LogP contribution in [0, 0.1) is 0 Å². The molecule has 0 rings (SSSR count). The quantitative estimate of drug-likeness (QED) is 0.378. The minimum absolute atomic E-state index is 0. The standard InChI is InChI=1S/Ca.Mg.8H2O.2Ti.4H/h;;8*1H2;;;;;;/q2*+2;;;;;;;;;;;4*-1. The third-order valence-corrected chi connectivity index (χ3v) is 0.